The Morgan fingerprint density at radius 3 is 2.63 bits per heavy atom. The van der Waals surface area contributed by atoms with E-state index in [-0.39, 0.29) is 18.1 Å². The molecule has 0 fully saturated rings. The summed E-state index contributed by atoms with van der Waals surface area (Å²) in [6.07, 6.45) is 0. The molecule has 0 atom stereocenters. The van der Waals surface area contributed by atoms with Crippen molar-refractivity contribution < 1.29 is 19.1 Å². The smallest absolute Gasteiger partial charge is 0.339 e. The molecule has 6 heteroatoms. The molecule has 104 valence electrons. The molecule has 0 aliphatic rings. The highest BCUT2D eigenvalue weighted by molar-refractivity contribution is 6.03. The van der Waals surface area contributed by atoms with Crippen LogP contribution in [0.3, 0.4) is 0 Å². The molecule has 0 bridgehead atoms. The average Bonchev–Trinajstić information content (AvgIpc) is 2.42. The highest BCUT2D eigenvalue weighted by atomic mass is 16.5. The molecular formula is C13H18N2O4. The Labute approximate surface area is 112 Å². The zero-order valence-corrected chi connectivity index (χ0v) is 11.3. The molecule has 2 N–H and O–H groups in total. The molecule has 0 saturated carbocycles. The fourth-order valence-corrected chi connectivity index (χ4v) is 1.53. The van der Waals surface area contributed by atoms with Crippen LogP contribution in [0.2, 0.25) is 0 Å². The molecule has 6 nitrogen and oxygen atoms in total. The van der Waals surface area contributed by atoms with Crippen molar-refractivity contribution in [3.05, 3.63) is 23.8 Å². The largest absolute Gasteiger partial charge is 0.465 e. The first-order valence-corrected chi connectivity index (χ1v) is 5.83. The molecule has 0 radical (unpaired) electrons. The van der Waals surface area contributed by atoms with Crippen LogP contribution in [0.15, 0.2) is 18.2 Å². The van der Waals surface area contributed by atoms with Gasteiger partial charge in [0.1, 0.15) is 6.61 Å². The van der Waals surface area contributed by atoms with Gasteiger partial charge in [0, 0.05) is 19.3 Å². The highest BCUT2D eigenvalue weighted by Gasteiger charge is 2.19. The Kier molecular flexibility index (Phi) is 5.32. The third-order valence-corrected chi connectivity index (χ3v) is 2.59. The van der Waals surface area contributed by atoms with E-state index in [1.54, 1.807) is 26.1 Å². The van der Waals surface area contributed by atoms with Crippen molar-refractivity contribution in [1.82, 2.24) is 0 Å². The van der Waals surface area contributed by atoms with Gasteiger partial charge >= 0.3 is 5.97 Å². The molecular weight excluding hydrogens is 248 g/mol. The number of nitrogen functional groups attached to an aromatic ring is 1. The van der Waals surface area contributed by atoms with Crippen molar-refractivity contribution in [2.75, 3.05) is 38.0 Å². The molecule has 19 heavy (non-hydrogen) atoms. The topological polar surface area (TPSA) is 81.9 Å². The summed E-state index contributed by atoms with van der Waals surface area (Å²) in [5, 5.41) is 0. The average molecular weight is 266 g/mol. The van der Waals surface area contributed by atoms with Crippen LogP contribution in [0.25, 0.3) is 0 Å². The Morgan fingerprint density at radius 2 is 2.05 bits per heavy atom. The van der Waals surface area contributed by atoms with E-state index >= 15 is 0 Å². The summed E-state index contributed by atoms with van der Waals surface area (Å²) < 4.78 is 9.74. The molecule has 0 aliphatic heterocycles. The maximum Gasteiger partial charge on any atom is 0.339 e. The van der Waals surface area contributed by atoms with Gasteiger partial charge in [-0.15, -0.1) is 0 Å². The van der Waals surface area contributed by atoms with Gasteiger partial charge in [0.25, 0.3) is 5.91 Å². The maximum atomic E-state index is 11.9. The summed E-state index contributed by atoms with van der Waals surface area (Å²) in [7, 11) is 2.84. The number of amides is 1. The van der Waals surface area contributed by atoms with Gasteiger partial charge in [-0.1, -0.05) is 0 Å². The first-order valence-electron chi connectivity index (χ1n) is 5.83. The lowest BCUT2D eigenvalue weighted by atomic mass is 10.1. The van der Waals surface area contributed by atoms with Gasteiger partial charge in [-0.25, -0.2) is 4.79 Å². The van der Waals surface area contributed by atoms with Gasteiger partial charge in [-0.3, -0.25) is 4.79 Å². The number of anilines is 2. The zero-order valence-electron chi connectivity index (χ0n) is 11.3. The number of benzene rings is 1. The number of nitrogens with zero attached hydrogens (tertiary/aromatic N) is 1. The van der Waals surface area contributed by atoms with E-state index in [2.05, 4.69) is 4.74 Å². The molecule has 0 aromatic heterocycles. The zero-order chi connectivity index (χ0) is 14.4. The number of rotatable bonds is 5. The fraction of sp³-hybridized carbons (Fsp3) is 0.385. The molecule has 0 heterocycles. The van der Waals surface area contributed by atoms with E-state index in [9.17, 15) is 9.59 Å². The summed E-state index contributed by atoms with van der Waals surface area (Å²) in [4.78, 5) is 24.9. The van der Waals surface area contributed by atoms with Crippen molar-refractivity contribution in [3.63, 3.8) is 0 Å². The van der Waals surface area contributed by atoms with E-state index in [1.165, 1.54) is 18.1 Å². The number of likely N-dealkylation sites (N-methyl/N-ethyl adjacent to an activating group) is 1. The lowest BCUT2D eigenvalue weighted by molar-refractivity contribution is -0.122. The van der Waals surface area contributed by atoms with Crippen molar-refractivity contribution in [1.29, 1.82) is 0 Å². The van der Waals surface area contributed by atoms with Gasteiger partial charge in [0.2, 0.25) is 0 Å². The minimum atomic E-state index is -0.522. The Morgan fingerprint density at radius 1 is 1.37 bits per heavy atom. The van der Waals surface area contributed by atoms with Crippen molar-refractivity contribution in [2.24, 2.45) is 0 Å². The molecule has 1 aromatic rings. The van der Waals surface area contributed by atoms with E-state index < -0.39 is 5.97 Å². The van der Waals surface area contributed by atoms with Crippen molar-refractivity contribution in [2.45, 2.75) is 6.92 Å². The number of hydrogen-bond donors (Lipinski definition) is 1. The summed E-state index contributed by atoms with van der Waals surface area (Å²) in [5.41, 5.74) is 6.82. The number of methoxy groups -OCH3 is 1. The van der Waals surface area contributed by atoms with Gasteiger partial charge < -0.3 is 20.1 Å². The van der Waals surface area contributed by atoms with Crippen LogP contribution in [0.4, 0.5) is 11.4 Å². The van der Waals surface area contributed by atoms with Gasteiger partial charge in [0.05, 0.1) is 18.4 Å². The number of carbonyl (C=O) groups is 2. The number of carbonyl (C=O) groups excluding carboxylic acids is 2. The van der Waals surface area contributed by atoms with Crippen LogP contribution in [0.5, 0.6) is 0 Å². The van der Waals surface area contributed by atoms with Gasteiger partial charge in [-0.2, -0.15) is 0 Å². The van der Waals surface area contributed by atoms with E-state index in [0.717, 1.165) is 0 Å². The second-order valence-corrected chi connectivity index (χ2v) is 3.86. The number of ether oxygens (including phenoxy) is 2. The minimum absolute atomic E-state index is 0.0532. The quantitative estimate of drug-likeness (QED) is 0.636. The predicted molar refractivity (Wildman–Crippen MR) is 72.1 cm³/mol. The predicted octanol–water partition coefficient (Wildman–Crippen LogP) is 1.05. The molecule has 1 amide bonds. The Hall–Kier alpha value is -2.08. The van der Waals surface area contributed by atoms with Gasteiger partial charge in [-0.05, 0) is 25.1 Å². The maximum absolute atomic E-state index is 11.9. The van der Waals surface area contributed by atoms with Crippen LogP contribution >= 0.6 is 0 Å². The first kappa shape index (κ1) is 15.0. The van der Waals surface area contributed by atoms with Crippen LogP contribution in [-0.2, 0) is 14.3 Å². The molecule has 1 rings (SSSR count). The highest BCUT2D eigenvalue weighted by Crippen LogP contribution is 2.23. The fourth-order valence-electron chi connectivity index (χ4n) is 1.53. The molecule has 0 unspecified atom stereocenters. The van der Waals surface area contributed by atoms with Crippen molar-refractivity contribution in [3.8, 4) is 0 Å². The number of esters is 1. The molecule has 1 aromatic carbocycles. The number of nitrogens with two attached hydrogens (primary N) is 1. The lowest BCUT2D eigenvalue weighted by Crippen LogP contribution is -2.31. The summed E-state index contributed by atoms with van der Waals surface area (Å²) in [6, 6.07) is 4.66. The van der Waals surface area contributed by atoms with Gasteiger partial charge in [0.15, 0.2) is 0 Å². The standard InChI is InChI=1S/C13H18N2O4/c1-4-19-8-12(16)15(2)11-7-9(14)5-6-10(11)13(17)18-3/h5-7H,4,8,14H2,1-3H3. The summed E-state index contributed by atoms with van der Waals surface area (Å²) in [5.74, 6) is -0.788. The minimum Gasteiger partial charge on any atom is -0.465 e. The first-order chi connectivity index (χ1) is 9.01. The Balaban J connectivity index is 3.06. The monoisotopic (exact) mass is 266 g/mol. The second-order valence-electron chi connectivity index (χ2n) is 3.86. The second kappa shape index (κ2) is 6.75. The van der Waals surface area contributed by atoms with Crippen LogP contribution < -0.4 is 10.6 Å². The Bertz CT molecular complexity index is 474. The van der Waals surface area contributed by atoms with E-state index in [4.69, 9.17) is 10.5 Å². The molecule has 0 saturated heterocycles. The van der Waals surface area contributed by atoms with E-state index in [0.29, 0.717) is 18.0 Å². The van der Waals surface area contributed by atoms with Crippen LogP contribution in [0, 0.1) is 0 Å². The molecule has 0 aliphatic carbocycles. The van der Waals surface area contributed by atoms with E-state index in [1.807, 2.05) is 0 Å². The SMILES string of the molecule is CCOCC(=O)N(C)c1cc(N)ccc1C(=O)OC. The lowest BCUT2D eigenvalue weighted by Gasteiger charge is -2.20. The normalized spacial score (nSPS) is 10.1. The third-order valence-electron chi connectivity index (χ3n) is 2.59. The van der Waals surface area contributed by atoms with Crippen molar-refractivity contribution >= 4 is 23.3 Å². The van der Waals surface area contributed by atoms with Crippen LogP contribution in [0.1, 0.15) is 17.3 Å². The summed E-state index contributed by atoms with van der Waals surface area (Å²) in [6.45, 7) is 2.19. The summed E-state index contributed by atoms with van der Waals surface area (Å²) >= 11 is 0. The third kappa shape index (κ3) is 3.69. The molecule has 0 spiro atoms. The van der Waals surface area contributed by atoms with Crippen LogP contribution in [-0.4, -0.2) is 39.2 Å². The number of hydrogen-bond acceptors (Lipinski definition) is 5.